The Kier molecular flexibility index (Phi) is 4.85. The molecule has 1 aliphatic carbocycles. The number of benzene rings is 1. The molecule has 1 atom stereocenters. The van der Waals surface area contributed by atoms with E-state index in [1.807, 2.05) is 13.8 Å². The summed E-state index contributed by atoms with van der Waals surface area (Å²) in [7, 11) is 1.80. The van der Waals surface area contributed by atoms with Gasteiger partial charge in [-0.2, -0.15) is 0 Å². The molecule has 1 aliphatic heterocycles. The van der Waals surface area contributed by atoms with Crippen LogP contribution < -0.4 is 5.32 Å². The minimum Gasteiger partial charge on any atom is -0.381 e. The van der Waals surface area contributed by atoms with Crippen LogP contribution in [0.3, 0.4) is 0 Å². The molecule has 1 N–H and O–H groups in total. The molecule has 0 radical (unpaired) electrons. The summed E-state index contributed by atoms with van der Waals surface area (Å²) >= 11 is 0. The van der Waals surface area contributed by atoms with Crippen LogP contribution in [0, 0.1) is 13.8 Å². The van der Waals surface area contributed by atoms with Crippen LogP contribution in [-0.2, 0) is 9.53 Å². The van der Waals surface area contributed by atoms with E-state index in [1.54, 1.807) is 7.11 Å². The third-order valence-corrected chi connectivity index (χ3v) is 6.69. The number of methoxy groups -OCH3 is 1. The summed E-state index contributed by atoms with van der Waals surface area (Å²) in [6, 6.07) is 6.77. The van der Waals surface area contributed by atoms with Gasteiger partial charge in [0, 0.05) is 25.1 Å². The Morgan fingerprint density at radius 1 is 1.17 bits per heavy atom. The average Bonchev–Trinajstić information content (AvgIpc) is 3.44. The monoisotopic (exact) mass is 408 g/mol. The van der Waals surface area contributed by atoms with Crippen molar-refractivity contribution in [3.05, 3.63) is 35.5 Å². The third kappa shape index (κ3) is 3.21. The molecule has 1 saturated heterocycles. The van der Waals surface area contributed by atoms with Crippen LogP contribution in [0.5, 0.6) is 0 Å². The Balaban J connectivity index is 1.60. The van der Waals surface area contributed by atoms with Gasteiger partial charge in [-0.25, -0.2) is 4.98 Å². The molecule has 2 aliphatic rings. The second-order valence-corrected chi connectivity index (χ2v) is 8.57. The number of carbonyl (C=O) groups excluding carboxylic acids is 1. The van der Waals surface area contributed by atoms with E-state index >= 15 is 0 Å². The molecule has 0 bridgehead atoms. The van der Waals surface area contributed by atoms with Crippen LogP contribution in [0.15, 0.2) is 22.7 Å². The van der Waals surface area contributed by atoms with Gasteiger partial charge in [-0.05, 0) is 63.6 Å². The number of ether oxygens (including phenoxy) is 1. The van der Waals surface area contributed by atoms with Crippen molar-refractivity contribution in [2.24, 2.45) is 0 Å². The number of aromatic nitrogens is 3. The Labute approximate surface area is 175 Å². The summed E-state index contributed by atoms with van der Waals surface area (Å²) in [5.41, 5.74) is 5.06. The van der Waals surface area contributed by atoms with Gasteiger partial charge in [0.25, 0.3) is 0 Å². The summed E-state index contributed by atoms with van der Waals surface area (Å²) in [5, 5.41) is 7.21. The fourth-order valence-corrected chi connectivity index (χ4v) is 5.14. The average molecular weight is 409 g/mol. The Hall–Kier alpha value is -2.67. The van der Waals surface area contributed by atoms with Crippen molar-refractivity contribution in [2.75, 3.05) is 7.11 Å². The zero-order valence-corrected chi connectivity index (χ0v) is 17.8. The first-order valence-electron chi connectivity index (χ1n) is 10.8. The second kappa shape index (κ2) is 7.54. The van der Waals surface area contributed by atoms with Crippen molar-refractivity contribution in [2.45, 2.75) is 70.6 Å². The van der Waals surface area contributed by atoms with Gasteiger partial charge in [-0.1, -0.05) is 11.2 Å². The minimum absolute atomic E-state index is 0.0208. The zero-order chi connectivity index (χ0) is 20.8. The zero-order valence-electron chi connectivity index (χ0n) is 17.8. The quantitative estimate of drug-likeness (QED) is 0.692. The maximum absolute atomic E-state index is 11.9. The summed E-state index contributed by atoms with van der Waals surface area (Å²) in [4.78, 5) is 17.0. The van der Waals surface area contributed by atoms with Crippen LogP contribution >= 0.6 is 0 Å². The van der Waals surface area contributed by atoms with Crippen LogP contribution in [0.25, 0.3) is 22.2 Å². The lowest BCUT2D eigenvalue weighted by Gasteiger charge is -2.30. The van der Waals surface area contributed by atoms with E-state index in [9.17, 15) is 4.79 Å². The number of fused-ring (bicyclic) bond motifs is 1. The van der Waals surface area contributed by atoms with Gasteiger partial charge in [0.2, 0.25) is 5.91 Å². The first-order valence-corrected chi connectivity index (χ1v) is 10.8. The Morgan fingerprint density at radius 3 is 2.60 bits per heavy atom. The van der Waals surface area contributed by atoms with Gasteiger partial charge in [0.05, 0.1) is 28.9 Å². The lowest BCUT2D eigenvalue weighted by molar-refractivity contribution is -0.119. The lowest BCUT2D eigenvalue weighted by atomic mass is 9.92. The molecular formula is C23H28N4O3. The van der Waals surface area contributed by atoms with Crippen molar-refractivity contribution >= 4 is 16.9 Å². The predicted octanol–water partition coefficient (Wildman–Crippen LogP) is 4.39. The van der Waals surface area contributed by atoms with Gasteiger partial charge in [-0.15, -0.1) is 0 Å². The highest BCUT2D eigenvalue weighted by Crippen LogP contribution is 2.38. The fraction of sp³-hybridized carbons (Fsp3) is 0.522. The fourth-order valence-electron chi connectivity index (χ4n) is 5.14. The van der Waals surface area contributed by atoms with E-state index in [-0.39, 0.29) is 11.9 Å². The van der Waals surface area contributed by atoms with Gasteiger partial charge in [-0.3, -0.25) is 4.79 Å². The molecule has 2 fully saturated rings. The van der Waals surface area contributed by atoms with Gasteiger partial charge in [0.1, 0.15) is 11.6 Å². The summed E-state index contributed by atoms with van der Waals surface area (Å²) < 4.78 is 13.3. The van der Waals surface area contributed by atoms with Crippen molar-refractivity contribution < 1.29 is 14.1 Å². The lowest BCUT2D eigenvalue weighted by Crippen LogP contribution is -2.27. The molecule has 7 heteroatoms. The number of hydrogen-bond donors (Lipinski definition) is 1. The summed E-state index contributed by atoms with van der Waals surface area (Å²) in [6.07, 6.45) is 5.92. The SMILES string of the molecule is COC1CCC(n2c([C@@H]3CCC(=O)N3)nc3cc(-c4c(C)noc4C)ccc32)CC1. The van der Waals surface area contributed by atoms with Gasteiger partial charge < -0.3 is 19.1 Å². The number of nitrogens with one attached hydrogen (secondary N) is 1. The van der Waals surface area contributed by atoms with E-state index in [2.05, 4.69) is 33.2 Å². The number of amides is 1. The molecule has 7 nitrogen and oxygen atoms in total. The largest absolute Gasteiger partial charge is 0.381 e. The normalized spacial score (nSPS) is 24.5. The molecule has 1 aromatic carbocycles. The van der Waals surface area contributed by atoms with Crippen molar-refractivity contribution in [1.29, 1.82) is 0 Å². The summed E-state index contributed by atoms with van der Waals surface area (Å²) in [5.74, 6) is 1.90. The smallest absolute Gasteiger partial charge is 0.220 e. The van der Waals surface area contributed by atoms with E-state index < -0.39 is 0 Å². The van der Waals surface area contributed by atoms with Gasteiger partial charge >= 0.3 is 0 Å². The second-order valence-electron chi connectivity index (χ2n) is 8.57. The van der Waals surface area contributed by atoms with Crippen LogP contribution in [0.2, 0.25) is 0 Å². The van der Waals surface area contributed by atoms with Crippen LogP contribution in [0.1, 0.15) is 67.9 Å². The predicted molar refractivity (Wildman–Crippen MR) is 113 cm³/mol. The number of imidazole rings is 1. The number of hydrogen-bond acceptors (Lipinski definition) is 5. The Morgan fingerprint density at radius 2 is 1.97 bits per heavy atom. The highest BCUT2D eigenvalue weighted by molar-refractivity contribution is 5.84. The molecule has 2 aromatic heterocycles. The molecule has 1 saturated carbocycles. The van der Waals surface area contributed by atoms with E-state index in [1.165, 1.54) is 0 Å². The molecule has 5 rings (SSSR count). The maximum Gasteiger partial charge on any atom is 0.220 e. The topological polar surface area (TPSA) is 82.2 Å². The van der Waals surface area contributed by atoms with Crippen molar-refractivity contribution in [1.82, 2.24) is 20.0 Å². The van der Waals surface area contributed by atoms with E-state index in [0.717, 1.165) is 71.5 Å². The summed E-state index contributed by atoms with van der Waals surface area (Å²) in [6.45, 7) is 3.90. The molecule has 30 heavy (non-hydrogen) atoms. The molecular weight excluding hydrogens is 380 g/mol. The molecule has 0 spiro atoms. The van der Waals surface area contributed by atoms with E-state index in [4.69, 9.17) is 14.2 Å². The highest BCUT2D eigenvalue weighted by atomic mass is 16.5. The van der Waals surface area contributed by atoms with Crippen LogP contribution in [-0.4, -0.2) is 33.8 Å². The van der Waals surface area contributed by atoms with Crippen molar-refractivity contribution in [3.63, 3.8) is 0 Å². The van der Waals surface area contributed by atoms with Crippen LogP contribution in [0.4, 0.5) is 0 Å². The first kappa shape index (κ1) is 19.3. The molecule has 0 unspecified atom stereocenters. The van der Waals surface area contributed by atoms with Gasteiger partial charge in [0.15, 0.2) is 0 Å². The van der Waals surface area contributed by atoms with Crippen molar-refractivity contribution in [3.8, 4) is 11.1 Å². The first-order chi connectivity index (χ1) is 14.5. The minimum atomic E-state index is -0.0208. The Bertz CT molecular complexity index is 1070. The van der Waals surface area contributed by atoms with E-state index in [0.29, 0.717) is 18.6 Å². The maximum atomic E-state index is 11.9. The molecule has 3 heterocycles. The molecule has 3 aromatic rings. The number of rotatable bonds is 4. The third-order valence-electron chi connectivity index (χ3n) is 6.69. The molecule has 158 valence electrons. The molecule has 1 amide bonds. The highest BCUT2D eigenvalue weighted by Gasteiger charge is 2.32. The standard InChI is InChI=1S/C23H28N4O3/c1-13-22(14(2)30-26-13)15-4-10-20-19(12-15)25-23(18-9-11-21(28)24-18)27(20)16-5-7-17(29-3)8-6-16/h4,10,12,16-18H,5-9,11H2,1-3H3,(H,24,28)/t16?,17?,18-/m0/s1. The number of nitrogens with zero attached hydrogens (tertiary/aromatic N) is 3. The number of aryl methyl sites for hydroxylation is 2. The number of carbonyl (C=O) groups is 1.